The summed E-state index contributed by atoms with van der Waals surface area (Å²) in [5.41, 5.74) is 0. The highest BCUT2D eigenvalue weighted by atomic mass is 127. The number of hydrogen-bond acceptors (Lipinski definition) is 6. The molecule has 0 radical (unpaired) electrons. The fourth-order valence-electron chi connectivity index (χ4n) is 0.674. The van der Waals surface area contributed by atoms with Gasteiger partial charge < -0.3 is 24.0 Å². The first kappa shape index (κ1) is 17.0. The third kappa shape index (κ3) is 4.86. The Balaban J connectivity index is 0. The molecule has 0 spiro atoms. The van der Waals surface area contributed by atoms with Crippen LogP contribution < -0.4 is 24.0 Å². The van der Waals surface area contributed by atoms with Crippen molar-refractivity contribution in [3.63, 3.8) is 0 Å². The van der Waals surface area contributed by atoms with Crippen LogP contribution in [0.1, 0.15) is 0 Å². The van der Waals surface area contributed by atoms with Crippen molar-refractivity contribution in [3.05, 3.63) is 0 Å². The Kier molecular flexibility index (Phi) is 5.56. The zero-order chi connectivity index (χ0) is 11.1. The lowest BCUT2D eigenvalue weighted by atomic mass is 12.0. The lowest BCUT2D eigenvalue weighted by Crippen LogP contribution is -3.00. The van der Waals surface area contributed by atoms with Gasteiger partial charge in [0, 0.05) is 0 Å². The van der Waals surface area contributed by atoms with Gasteiger partial charge in [-0.3, -0.25) is 0 Å². The van der Waals surface area contributed by atoms with Crippen LogP contribution in [-0.4, -0.2) is 44.0 Å². The summed E-state index contributed by atoms with van der Waals surface area (Å²) in [6, 6.07) is 0. The first-order valence-corrected chi connectivity index (χ1v) is 8.17. The summed E-state index contributed by atoms with van der Waals surface area (Å²) in [4.78, 5) is 0. The lowest BCUT2D eigenvalue weighted by Gasteiger charge is -2.07. The highest BCUT2D eigenvalue weighted by Gasteiger charge is 2.43. The molecule has 0 aromatic rings. The Labute approximate surface area is 101 Å². The predicted octanol–water partition coefficient (Wildman–Crippen LogP) is -4.58. The van der Waals surface area contributed by atoms with E-state index in [1.807, 2.05) is 0 Å². The van der Waals surface area contributed by atoms with Gasteiger partial charge in [-0.05, 0) is 0 Å². The number of hydrogen-bond donors (Lipinski definition) is 0. The topological polar surface area (TPSA) is 105 Å². The predicted molar refractivity (Wildman–Crippen MR) is 45.6 cm³/mol. The summed E-state index contributed by atoms with van der Waals surface area (Å²) >= 11 is 0. The van der Waals surface area contributed by atoms with Gasteiger partial charge in [-0.1, -0.05) is 2.71 Å². The third-order valence-electron chi connectivity index (χ3n) is 0.742. The molecule has 0 bridgehead atoms. The van der Waals surface area contributed by atoms with Crippen LogP contribution in [0, 0.1) is 0 Å². The Morgan fingerprint density at radius 3 is 0.786 bits per heavy atom. The molecule has 0 fully saturated rings. The SMILES string of the molecule is CS(=O)(=O)[O+](S(C)(=O)=O)S(C)(=O)=O.[I-]. The molecule has 0 saturated carbocycles. The van der Waals surface area contributed by atoms with Crippen LogP contribution in [0.3, 0.4) is 0 Å². The van der Waals surface area contributed by atoms with Crippen molar-refractivity contribution in [1.82, 2.24) is 0 Å². The van der Waals surface area contributed by atoms with Crippen LogP contribution in [0.4, 0.5) is 0 Å². The first-order chi connectivity index (χ1) is 5.37. The van der Waals surface area contributed by atoms with Crippen LogP contribution in [0.25, 0.3) is 0 Å². The molecule has 0 aromatic heterocycles. The molecule has 0 aliphatic carbocycles. The fourth-order valence-corrected chi connectivity index (χ4v) is 6.06. The van der Waals surface area contributed by atoms with Gasteiger partial charge >= 0.3 is 30.4 Å². The van der Waals surface area contributed by atoms with Crippen LogP contribution in [0.15, 0.2) is 0 Å². The van der Waals surface area contributed by atoms with E-state index >= 15 is 0 Å². The molecular formula is C3H9IO7S3. The van der Waals surface area contributed by atoms with Crippen LogP contribution in [0.5, 0.6) is 0 Å². The molecule has 0 rings (SSSR count). The van der Waals surface area contributed by atoms with Gasteiger partial charge in [-0.15, -0.1) is 0 Å². The van der Waals surface area contributed by atoms with Gasteiger partial charge in [0.15, 0.2) is 0 Å². The van der Waals surface area contributed by atoms with E-state index in [1.54, 1.807) is 0 Å². The van der Waals surface area contributed by atoms with Gasteiger partial charge in [0.2, 0.25) is 0 Å². The molecule has 14 heavy (non-hydrogen) atoms. The standard InChI is InChI=1S/C3H9O7S3.HI/c1-11(4,5)10(12(2,6)7)13(3,8)9;/h1-3H3;1H/q+1;/p-1. The van der Waals surface area contributed by atoms with E-state index < -0.39 is 30.4 Å². The zero-order valence-corrected chi connectivity index (χ0v) is 12.1. The van der Waals surface area contributed by atoms with Gasteiger partial charge in [0.05, 0.1) is 0 Å². The fraction of sp³-hybridized carbons (Fsp3) is 1.00. The van der Waals surface area contributed by atoms with E-state index in [0.717, 1.165) is 0 Å². The maximum Gasteiger partial charge on any atom is 0.408 e. The molecule has 7 nitrogen and oxygen atoms in total. The summed E-state index contributed by atoms with van der Waals surface area (Å²) in [7, 11) is -13.2. The Hall–Kier alpha value is 0.540. The highest BCUT2D eigenvalue weighted by Crippen LogP contribution is 2.17. The third-order valence-corrected chi connectivity index (χ3v) is 6.67. The van der Waals surface area contributed by atoms with Gasteiger partial charge in [-0.25, -0.2) is 0 Å². The molecule has 88 valence electrons. The van der Waals surface area contributed by atoms with Crippen molar-refractivity contribution < 1.29 is 51.9 Å². The Bertz CT molecular complexity index is 406. The second-order valence-electron chi connectivity index (χ2n) is 2.32. The summed E-state index contributed by atoms with van der Waals surface area (Å²) < 4.78 is 64.9. The number of halogens is 1. The Morgan fingerprint density at radius 2 is 0.786 bits per heavy atom. The molecule has 0 heterocycles. The molecule has 0 N–H and O–H groups in total. The molecule has 0 amide bonds. The van der Waals surface area contributed by atoms with Crippen LogP contribution in [0.2, 0.25) is 0 Å². The summed E-state index contributed by atoms with van der Waals surface area (Å²) in [5.74, 6) is 0. The van der Waals surface area contributed by atoms with Gasteiger partial charge in [-0.2, -0.15) is 25.3 Å². The van der Waals surface area contributed by atoms with Crippen molar-refractivity contribution in [3.8, 4) is 0 Å². The van der Waals surface area contributed by atoms with E-state index in [1.165, 1.54) is 0 Å². The highest BCUT2D eigenvalue weighted by molar-refractivity contribution is 8.12. The second-order valence-corrected chi connectivity index (χ2v) is 8.17. The normalized spacial score (nSPS) is 13.7. The van der Waals surface area contributed by atoms with E-state index in [0.29, 0.717) is 21.5 Å². The van der Waals surface area contributed by atoms with Crippen LogP contribution in [-0.2, 0) is 33.1 Å². The molecular weight excluding hydrogens is 371 g/mol. The van der Waals surface area contributed by atoms with Crippen LogP contribution >= 0.6 is 0 Å². The largest absolute Gasteiger partial charge is 1.00 e. The molecule has 11 heteroatoms. The van der Waals surface area contributed by atoms with Gasteiger partial charge in [0.25, 0.3) is 0 Å². The monoisotopic (exact) mass is 380 g/mol. The lowest BCUT2D eigenvalue weighted by molar-refractivity contribution is -0.0000140. The van der Waals surface area contributed by atoms with Crippen molar-refractivity contribution in [1.29, 1.82) is 0 Å². The van der Waals surface area contributed by atoms with E-state index in [2.05, 4.69) is 0 Å². The quantitative estimate of drug-likeness (QED) is 0.361. The second kappa shape index (κ2) is 4.59. The zero-order valence-electron chi connectivity index (χ0n) is 7.46. The Morgan fingerprint density at radius 1 is 0.643 bits per heavy atom. The first-order valence-electron chi connectivity index (χ1n) is 2.72. The summed E-state index contributed by atoms with van der Waals surface area (Å²) in [6.45, 7) is 0. The minimum atomic E-state index is -4.41. The molecule has 0 aromatic carbocycles. The molecule has 0 atom stereocenters. The molecule has 0 aliphatic heterocycles. The number of rotatable bonds is 3. The molecule has 0 unspecified atom stereocenters. The van der Waals surface area contributed by atoms with E-state index in [9.17, 15) is 25.3 Å². The smallest absolute Gasteiger partial charge is 0.408 e. The van der Waals surface area contributed by atoms with E-state index in [4.69, 9.17) is 0 Å². The molecule has 0 saturated heterocycles. The van der Waals surface area contributed by atoms with Crippen molar-refractivity contribution >= 4 is 30.4 Å². The van der Waals surface area contributed by atoms with Crippen molar-refractivity contribution in [2.24, 2.45) is 0 Å². The average Bonchev–Trinajstić information content (AvgIpc) is 1.44. The van der Waals surface area contributed by atoms with Crippen molar-refractivity contribution in [2.75, 3.05) is 18.8 Å². The van der Waals surface area contributed by atoms with E-state index in [-0.39, 0.29) is 24.0 Å². The maximum atomic E-state index is 10.8. The van der Waals surface area contributed by atoms with Gasteiger partial charge in [0.1, 0.15) is 18.8 Å². The maximum absolute atomic E-state index is 10.8. The average molecular weight is 380 g/mol. The summed E-state index contributed by atoms with van der Waals surface area (Å²) in [6.07, 6.45) is 1.37. The minimum Gasteiger partial charge on any atom is -1.00 e. The minimum absolute atomic E-state index is 0. The summed E-state index contributed by atoms with van der Waals surface area (Å²) in [5, 5.41) is 0. The molecule has 0 aliphatic rings. The van der Waals surface area contributed by atoms with Crippen molar-refractivity contribution in [2.45, 2.75) is 0 Å².